The number of likely N-dealkylation sites (tertiary alicyclic amines) is 1. The zero-order valence-electron chi connectivity index (χ0n) is 11.9. The maximum absolute atomic E-state index is 12.7. The fraction of sp³-hybridized carbons (Fsp3) is 0.467. The van der Waals surface area contributed by atoms with E-state index < -0.39 is 12.1 Å². The number of ether oxygens (including phenoxy) is 1. The lowest BCUT2D eigenvalue weighted by molar-refractivity contribution is -0.122. The Hall–Kier alpha value is -2.04. The van der Waals surface area contributed by atoms with Crippen LogP contribution in [0.25, 0.3) is 0 Å². The number of hydrogen-bond acceptors (Lipinski definition) is 3. The number of carbonyl (C=O) groups is 2. The second-order valence-corrected chi connectivity index (χ2v) is 4.74. The van der Waals surface area contributed by atoms with Crippen LogP contribution in [0, 0.1) is 0 Å². The number of nitrogens with zero attached hydrogens (tertiary/aromatic N) is 2. The Labute approximate surface area is 119 Å². The van der Waals surface area contributed by atoms with Gasteiger partial charge in [-0.3, -0.25) is 9.69 Å². The Balaban J connectivity index is 2.18. The van der Waals surface area contributed by atoms with Gasteiger partial charge in [0.25, 0.3) is 0 Å². The molecular formula is C15H20N2O3. The molecule has 1 fully saturated rings. The molecular weight excluding hydrogens is 256 g/mol. The minimum atomic E-state index is -0.426. The van der Waals surface area contributed by atoms with Crippen molar-refractivity contribution in [3.05, 3.63) is 30.3 Å². The van der Waals surface area contributed by atoms with Gasteiger partial charge in [0.05, 0.1) is 7.11 Å². The molecule has 0 aliphatic carbocycles. The zero-order valence-corrected chi connectivity index (χ0v) is 11.9. The molecule has 0 saturated carbocycles. The van der Waals surface area contributed by atoms with Crippen LogP contribution in [0.1, 0.15) is 19.8 Å². The van der Waals surface area contributed by atoms with Crippen LogP contribution in [-0.4, -0.2) is 43.1 Å². The summed E-state index contributed by atoms with van der Waals surface area (Å²) in [6.45, 7) is 3.09. The maximum Gasteiger partial charge on any atom is 0.410 e. The van der Waals surface area contributed by atoms with E-state index in [4.69, 9.17) is 4.74 Å². The Morgan fingerprint density at radius 2 is 2.05 bits per heavy atom. The Bertz CT molecular complexity index is 475. The van der Waals surface area contributed by atoms with Gasteiger partial charge in [-0.1, -0.05) is 18.2 Å². The summed E-state index contributed by atoms with van der Waals surface area (Å²) in [6.07, 6.45) is 1.10. The van der Waals surface area contributed by atoms with Gasteiger partial charge in [0.2, 0.25) is 5.91 Å². The third-order valence-corrected chi connectivity index (χ3v) is 3.60. The molecule has 1 aromatic rings. The molecule has 1 aliphatic heterocycles. The topological polar surface area (TPSA) is 49.9 Å². The average Bonchev–Trinajstić information content (AvgIpc) is 2.97. The first-order valence-electron chi connectivity index (χ1n) is 6.90. The molecule has 0 aromatic heterocycles. The van der Waals surface area contributed by atoms with E-state index in [2.05, 4.69) is 0 Å². The lowest BCUT2D eigenvalue weighted by atomic mass is 10.1. The Morgan fingerprint density at radius 1 is 1.35 bits per heavy atom. The molecule has 1 saturated heterocycles. The van der Waals surface area contributed by atoms with Gasteiger partial charge >= 0.3 is 6.09 Å². The number of benzene rings is 1. The van der Waals surface area contributed by atoms with Crippen molar-refractivity contribution in [1.82, 2.24) is 4.90 Å². The van der Waals surface area contributed by atoms with Crippen LogP contribution in [0.5, 0.6) is 0 Å². The first-order chi connectivity index (χ1) is 9.69. The van der Waals surface area contributed by atoms with Crippen molar-refractivity contribution in [2.75, 3.05) is 25.1 Å². The van der Waals surface area contributed by atoms with Crippen LogP contribution in [0.4, 0.5) is 10.5 Å². The second kappa shape index (κ2) is 6.41. The highest BCUT2D eigenvalue weighted by Crippen LogP contribution is 2.23. The van der Waals surface area contributed by atoms with Crippen LogP contribution >= 0.6 is 0 Å². The summed E-state index contributed by atoms with van der Waals surface area (Å²) in [6, 6.07) is 9.11. The molecule has 1 aromatic carbocycles. The second-order valence-electron chi connectivity index (χ2n) is 4.74. The van der Waals surface area contributed by atoms with E-state index >= 15 is 0 Å². The summed E-state index contributed by atoms with van der Waals surface area (Å²) in [5, 5.41) is 0. The molecule has 1 heterocycles. The van der Waals surface area contributed by atoms with Gasteiger partial charge in [0.1, 0.15) is 6.04 Å². The lowest BCUT2D eigenvalue weighted by Crippen LogP contribution is -2.48. The molecule has 0 radical (unpaired) electrons. The number of anilines is 1. The fourth-order valence-corrected chi connectivity index (χ4v) is 2.61. The van der Waals surface area contributed by atoms with Crippen molar-refractivity contribution in [3.8, 4) is 0 Å². The highest BCUT2D eigenvalue weighted by Gasteiger charge is 2.37. The average molecular weight is 276 g/mol. The summed E-state index contributed by atoms with van der Waals surface area (Å²) >= 11 is 0. The van der Waals surface area contributed by atoms with E-state index in [0.29, 0.717) is 19.5 Å². The molecule has 5 heteroatoms. The van der Waals surface area contributed by atoms with Gasteiger partial charge in [-0.25, -0.2) is 4.79 Å². The predicted octanol–water partition coefficient (Wildman–Crippen LogP) is 2.27. The third-order valence-electron chi connectivity index (χ3n) is 3.60. The van der Waals surface area contributed by atoms with Crippen LogP contribution in [0.15, 0.2) is 30.3 Å². The van der Waals surface area contributed by atoms with Gasteiger partial charge in [0, 0.05) is 18.8 Å². The zero-order chi connectivity index (χ0) is 14.5. The number of methoxy groups -OCH3 is 1. The Kier molecular flexibility index (Phi) is 4.61. The van der Waals surface area contributed by atoms with Crippen molar-refractivity contribution in [3.63, 3.8) is 0 Å². The molecule has 0 spiro atoms. The van der Waals surface area contributed by atoms with Crippen molar-refractivity contribution >= 4 is 17.7 Å². The molecule has 1 aliphatic rings. The molecule has 2 rings (SSSR count). The third kappa shape index (κ3) is 2.76. The highest BCUT2D eigenvalue weighted by molar-refractivity contribution is 5.98. The van der Waals surface area contributed by atoms with Gasteiger partial charge in [-0.05, 0) is 31.9 Å². The van der Waals surface area contributed by atoms with E-state index in [1.807, 2.05) is 37.3 Å². The van der Waals surface area contributed by atoms with Crippen LogP contribution < -0.4 is 4.90 Å². The van der Waals surface area contributed by atoms with Crippen molar-refractivity contribution in [2.45, 2.75) is 25.8 Å². The number of rotatable bonds is 3. The fourth-order valence-electron chi connectivity index (χ4n) is 2.61. The van der Waals surface area contributed by atoms with E-state index in [1.54, 1.807) is 4.90 Å². The van der Waals surface area contributed by atoms with Crippen LogP contribution in [0.2, 0.25) is 0 Å². The van der Waals surface area contributed by atoms with Crippen LogP contribution in [-0.2, 0) is 9.53 Å². The van der Waals surface area contributed by atoms with E-state index in [9.17, 15) is 9.59 Å². The number of hydrogen-bond donors (Lipinski definition) is 0. The van der Waals surface area contributed by atoms with E-state index in [0.717, 1.165) is 12.1 Å². The number of amides is 2. The number of para-hydroxylation sites is 1. The normalized spacial score (nSPS) is 17.9. The van der Waals surface area contributed by atoms with E-state index in [1.165, 1.54) is 12.0 Å². The Morgan fingerprint density at radius 3 is 2.65 bits per heavy atom. The standard InChI is InChI=1S/C15H20N2O3/c1-3-16(12-8-5-4-6-9-12)14(18)13-10-7-11-17(13)15(19)20-2/h4-6,8-9,13H,3,7,10-11H2,1-2H3. The molecule has 0 bridgehead atoms. The van der Waals surface area contributed by atoms with Gasteiger partial charge < -0.3 is 9.64 Å². The first kappa shape index (κ1) is 14.4. The van der Waals surface area contributed by atoms with Crippen LogP contribution in [0.3, 0.4) is 0 Å². The van der Waals surface area contributed by atoms with Crippen molar-refractivity contribution in [1.29, 1.82) is 0 Å². The smallest absolute Gasteiger partial charge is 0.410 e. The number of carbonyl (C=O) groups excluding carboxylic acids is 2. The van der Waals surface area contributed by atoms with Gasteiger partial charge in [0.15, 0.2) is 0 Å². The molecule has 0 N–H and O–H groups in total. The first-order valence-corrected chi connectivity index (χ1v) is 6.90. The minimum absolute atomic E-state index is 0.0402. The van der Waals surface area contributed by atoms with Crippen molar-refractivity contribution < 1.29 is 14.3 Å². The maximum atomic E-state index is 12.7. The van der Waals surface area contributed by atoms with Gasteiger partial charge in [-0.2, -0.15) is 0 Å². The molecule has 5 nitrogen and oxygen atoms in total. The summed E-state index contributed by atoms with van der Waals surface area (Å²) in [5.41, 5.74) is 0.858. The summed E-state index contributed by atoms with van der Waals surface area (Å²) in [5.74, 6) is -0.0402. The molecule has 2 amide bonds. The SMILES string of the molecule is CCN(C(=O)C1CCCN1C(=O)OC)c1ccccc1. The molecule has 108 valence electrons. The lowest BCUT2D eigenvalue weighted by Gasteiger charge is -2.28. The van der Waals surface area contributed by atoms with Crippen molar-refractivity contribution in [2.24, 2.45) is 0 Å². The monoisotopic (exact) mass is 276 g/mol. The van der Waals surface area contributed by atoms with E-state index in [-0.39, 0.29) is 5.91 Å². The highest BCUT2D eigenvalue weighted by atomic mass is 16.5. The van der Waals surface area contributed by atoms with Gasteiger partial charge in [-0.15, -0.1) is 0 Å². The summed E-state index contributed by atoms with van der Waals surface area (Å²) in [4.78, 5) is 27.6. The molecule has 1 unspecified atom stereocenters. The summed E-state index contributed by atoms with van der Waals surface area (Å²) < 4.78 is 4.75. The molecule has 1 atom stereocenters. The summed E-state index contributed by atoms with van der Waals surface area (Å²) in [7, 11) is 1.34. The predicted molar refractivity (Wildman–Crippen MR) is 76.6 cm³/mol. The quantitative estimate of drug-likeness (QED) is 0.851. The number of likely N-dealkylation sites (N-methyl/N-ethyl adjacent to an activating group) is 1. The molecule has 20 heavy (non-hydrogen) atoms. The minimum Gasteiger partial charge on any atom is -0.453 e. The largest absolute Gasteiger partial charge is 0.453 e.